The molecule has 1 saturated heterocycles. The van der Waals surface area contributed by atoms with Gasteiger partial charge in [-0.1, -0.05) is 6.07 Å². The second-order valence-electron chi connectivity index (χ2n) is 10.4. The molecule has 1 fully saturated rings. The molecule has 2 aromatic rings. The molecule has 0 radical (unpaired) electrons. The van der Waals surface area contributed by atoms with Gasteiger partial charge in [0.1, 0.15) is 23.7 Å². The van der Waals surface area contributed by atoms with Crippen LogP contribution in [0.1, 0.15) is 43.0 Å². The molecule has 1 heterocycles. The average Bonchev–Trinajstić information content (AvgIpc) is 3.22. The van der Waals surface area contributed by atoms with Crippen molar-refractivity contribution < 1.29 is 33.1 Å². The molecule has 0 spiro atoms. The quantitative estimate of drug-likeness (QED) is 0.406. The maximum atomic E-state index is 14.0. The third-order valence-corrected chi connectivity index (χ3v) is 7.52. The molecule has 4 rings (SSSR count). The van der Waals surface area contributed by atoms with E-state index >= 15 is 0 Å². The number of halogens is 2. The van der Waals surface area contributed by atoms with Gasteiger partial charge in [-0.15, -0.1) is 0 Å². The minimum Gasteiger partial charge on any atom is -0.392 e. The van der Waals surface area contributed by atoms with Crippen molar-refractivity contribution in [3.8, 4) is 0 Å². The van der Waals surface area contributed by atoms with Crippen molar-refractivity contribution in [2.75, 3.05) is 18.9 Å². The molecule has 4 N–H and O–H groups in total. The maximum Gasteiger partial charge on any atom is 0.246 e. The second-order valence-corrected chi connectivity index (χ2v) is 10.4. The van der Waals surface area contributed by atoms with Gasteiger partial charge in [0.25, 0.3) is 0 Å². The number of aliphatic hydroxyl groups is 1. The number of hydrogen-bond donors (Lipinski definition) is 4. The SMILES string of the molecule is CNC(=O)C1(NC=O)Cc2ccc(NC(=O)CN3C(=O)C(C)(C)C(O)CC3c3cc(F)cc(F)c3)cc2C1. The topological polar surface area (TPSA) is 128 Å². The van der Waals surface area contributed by atoms with E-state index in [2.05, 4.69) is 16.0 Å². The van der Waals surface area contributed by atoms with Gasteiger partial charge in [-0.3, -0.25) is 19.2 Å². The third kappa shape index (κ3) is 4.98. The fraction of sp³-hybridized carbons (Fsp3) is 0.407. The van der Waals surface area contributed by atoms with Crippen molar-refractivity contribution in [3.05, 3.63) is 64.7 Å². The number of likely N-dealkylation sites (tertiary alicyclic amines) is 1. The van der Waals surface area contributed by atoms with Crippen LogP contribution in [-0.2, 0) is 32.0 Å². The van der Waals surface area contributed by atoms with Crippen LogP contribution in [0.5, 0.6) is 0 Å². The lowest BCUT2D eigenvalue weighted by Crippen LogP contribution is -2.56. The first-order valence-electron chi connectivity index (χ1n) is 12.2. The lowest BCUT2D eigenvalue weighted by atomic mass is 9.76. The molecule has 2 aliphatic rings. The smallest absolute Gasteiger partial charge is 0.246 e. The lowest BCUT2D eigenvalue weighted by Gasteiger charge is -2.45. The van der Waals surface area contributed by atoms with E-state index in [1.807, 2.05) is 0 Å². The number of hydrogen-bond acceptors (Lipinski definition) is 5. The summed E-state index contributed by atoms with van der Waals surface area (Å²) < 4.78 is 27.9. The zero-order valence-electron chi connectivity index (χ0n) is 21.3. The lowest BCUT2D eigenvalue weighted by molar-refractivity contribution is -0.160. The van der Waals surface area contributed by atoms with Gasteiger partial charge < -0.3 is 26.0 Å². The summed E-state index contributed by atoms with van der Waals surface area (Å²) in [5.74, 6) is -3.06. The third-order valence-electron chi connectivity index (χ3n) is 7.52. The molecule has 1 aliphatic heterocycles. The zero-order chi connectivity index (χ0) is 27.8. The normalized spacial score (nSPS) is 23.9. The molecule has 1 aliphatic carbocycles. The number of likely N-dealkylation sites (N-methyl/N-ethyl adjacent to an activating group) is 1. The molecule has 11 heteroatoms. The van der Waals surface area contributed by atoms with Crippen molar-refractivity contribution in [2.45, 2.75) is 50.8 Å². The number of carbonyl (C=O) groups excluding carboxylic acids is 4. The number of piperidine rings is 1. The number of rotatable bonds is 7. The van der Waals surface area contributed by atoms with Crippen LogP contribution in [0.15, 0.2) is 36.4 Å². The number of nitrogens with zero attached hydrogens (tertiary/aromatic N) is 1. The van der Waals surface area contributed by atoms with Crippen molar-refractivity contribution >= 4 is 29.8 Å². The van der Waals surface area contributed by atoms with Crippen LogP contribution in [0.4, 0.5) is 14.5 Å². The van der Waals surface area contributed by atoms with E-state index in [9.17, 15) is 33.1 Å². The van der Waals surface area contributed by atoms with Crippen LogP contribution in [0.25, 0.3) is 0 Å². The second kappa shape index (κ2) is 10.1. The Kier molecular flexibility index (Phi) is 7.24. The molecular formula is C27H30F2N4O5. The predicted molar refractivity (Wildman–Crippen MR) is 134 cm³/mol. The number of benzene rings is 2. The van der Waals surface area contributed by atoms with Gasteiger partial charge in [0.05, 0.1) is 17.6 Å². The van der Waals surface area contributed by atoms with Crippen molar-refractivity contribution in [1.82, 2.24) is 15.5 Å². The number of aliphatic hydroxyl groups excluding tert-OH is 1. The standard InChI is InChI=1S/C27H30F2N4O5/c1-26(2)22(35)10-21(16-6-18(28)9-19(29)7-16)33(25(26)38)13-23(36)32-20-5-4-15-11-27(31-14-34,24(37)30-3)12-17(15)8-20/h4-9,14,21-22,35H,10-13H2,1-3H3,(H,30,37)(H,31,34)(H,32,36). The summed E-state index contributed by atoms with van der Waals surface area (Å²) in [5, 5.41) is 18.5. The molecule has 4 amide bonds. The summed E-state index contributed by atoms with van der Waals surface area (Å²) in [6.45, 7) is 2.70. The Hall–Kier alpha value is -3.86. The molecular weight excluding hydrogens is 498 g/mol. The largest absolute Gasteiger partial charge is 0.392 e. The highest BCUT2D eigenvalue weighted by molar-refractivity contribution is 5.96. The van der Waals surface area contributed by atoms with Gasteiger partial charge in [-0.05, 0) is 61.2 Å². The summed E-state index contributed by atoms with van der Waals surface area (Å²) >= 11 is 0. The zero-order valence-corrected chi connectivity index (χ0v) is 21.3. The molecule has 38 heavy (non-hydrogen) atoms. The summed E-state index contributed by atoms with van der Waals surface area (Å²) in [6.07, 6.45) is -0.0740. The Bertz CT molecular complexity index is 1280. The summed E-state index contributed by atoms with van der Waals surface area (Å²) in [5.41, 5.74) is -0.149. The first kappa shape index (κ1) is 27.2. The monoisotopic (exact) mass is 528 g/mol. The van der Waals surface area contributed by atoms with E-state index in [0.717, 1.165) is 23.3 Å². The van der Waals surface area contributed by atoms with Crippen molar-refractivity contribution in [3.63, 3.8) is 0 Å². The van der Waals surface area contributed by atoms with E-state index in [4.69, 9.17) is 0 Å². The molecule has 9 nitrogen and oxygen atoms in total. The minimum atomic E-state index is -1.20. The van der Waals surface area contributed by atoms with Gasteiger partial charge in [0.15, 0.2) is 0 Å². The van der Waals surface area contributed by atoms with Crippen LogP contribution in [0.2, 0.25) is 0 Å². The molecule has 2 aromatic carbocycles. The number of amides is 4. The van der Waals surface area contributed by atoms with Gasteiger partial charge in [-0.2, -0.15) is 0 Å². The Morgan fingerprint density at radius 2 is 1.76 bits per heavy atom. The highest BCUT2D eigenvalue weighted by atomic mass is 19.1. The summed E-state index contributed by atoms with van der Waals surface area (Å²) in [4.78, 5) is 51.2. The van der Waals surface area contributed by atoms with Crippen LogP contribution in [0, 0.1) is 17.0 Å². The first-order valence-corrected chi connectivity index (χ1v) is 12.2. The van der Waals surface area contributed by atoms with Gasteiger partial charge >= 0.3 is 0 Å². The summed E-state index contributed by atoms with van der Waals surface area (Å²) in [6, 6.07) is 7.09. The highest BCUT2D eigenvalue weighted by Crippen LogP contribution is 2.41. The van der Waals surface area contributed by atoms with Gasteiger partial charge in [0, 0.05) is 31.6 Å². The Morgan fingerprint density at radius 1 is 1.11 bits per heavy atom. The average molecular weight is 529 g/mol. The van der Waals surface area contributed by atoms with E-state index in [1.54, 1.807) is 32.0 Å². The Morgan fingerprint density at radius 3 is 2.39 bits per heavy atom. The van der Waals surface area contributed by atoms with Crippen LogP contribution in [0.3, 0.4) is 0 Å². The molecule has 0 aromatic heterocycles. The van der Waals surface area contributed by atoms with Gasteiger partial charge in [-0.25, -0.2) is 8.78 Å². The number of carbonyl (C=O) groups is 4. The maximum absolute atomic E-state index is 14.0. The minimum absolute atomic E-state index is 0.000927. The first-order chi connectivity index (χ1) is 17.9. The van der Waals surface area contributed by atoms with Crippen LogP contribution >= 0.6 is 0 Å². The Labute approximate surface area is 218 Å². The number of fused-ring (bicyclic) bond motifs is 1. The number of nitrogens with one attached hydrogen (secondary N) is 3. The van der Waals surface area contributed by atoms with E-state index < -0.39 is 53.1 Å². The highest BCUT2D eigenvalue weighted by Gasteiger charge is 2.48. The Balaban J connectivity index is 1.55. The van der Waals surface area contributed by atoms with Crippen LogP contribution in [-0.4, -0.2) is 59.4 Å². The molecule has 3 atom stereocenters. The van der Waals surface area contributed by atoms with E-state index in [1.165, 1.54) is 11.9 Å². The fourth-order valence-electron chi connectivity index (χ4n) is 5.34. The van der Waals surface area contributed by atoms with Crippen LogP contribution < -0.4 is 16.0 Å². The van der Waals surface area contributed by atoms with Crippen molar-refractivity contribution in [2.24, 2.45) is 5.41 Å². The van der Waals surface area contributed by atoms with Crippen molar-refractivity contribution in [1.29, 1.82) is 0 Å². The predicted octanol–water partition coefficient (Wildman–Crippen LogP) is 1.59. The molecule has 0 saturated carbocycles. The molecule has 202 valence electrons. The van der Waals surface area contributed by atoms with E-state index in [0.29, 0.717) is 24.6 Å². The van der Waals surface area contributed by atoms with Gasteiger partial charge in [0.2, 0.25) is 24.1 Å². The van der Waals surface area contributed by atoms with E-state index in [-0.39, 0.29) is 24.3 Å². The molecule has 3 unspecified atom stereocenters. The summed E-state index contributed by atoms with van der Waals surface area (Å²) in [7, 11) is 1.48. The fourth-order valence-corrected chi connectivity index (χ4v) is 5.34. The number of anilines is 1. The molecule has 0 bridgehead atoms.